The summed E-state index contributed by atoms with van der Waals surface area (Å²) in [5, 5.41) is 0. The van der Waals surface area contributed by atoms with Gasteiger partial charge in [-0.15, -0.1) is 0 Å². The zero-order valence-corrected chi connectivity index (χ0v) is 10.6. The Morgan fingerprint density at radius 3 is 2.69 bits per heavy atom. The molecule has 0 fully saturated rings. The molecule has 2 heteroatoms. The lowest BCUT2D eigenvalue weighted by Crippen LogP contribution is -1.97. The Balaban J connectivity index is 2.14. The molecule has 0 amide bonds. The molecule has 0 aromatic heterocycles. The van der Waals surface area contributed by atoms with Crippen molar-refractivity contribution in [2.45, 2.75) is 19.3 Å². The zero-order valence-electron chi connectivity index (χ0n) is 9.00. The lowest BCUT2D eigenvalue weighted by Gasteiger charge is -2.12. The predicted octanol–water partition coefficient (Wildman–Crippen LogP) is 4.92. The van der Waals surface area contributed by atoms with E-state index in [2.05, 4.69) is 34.2 Å². The lowest BCUT2D eigenvalue weighted by atomic mass is 9.95. The summed E-state index contributed by atoms with van der Waals surface area (Å²) in [7, 11) is 0. The number of benzene rings is 1. The number of hydrogen-bond donors (Lipinski definition) is 0. The molecule has 16 heavy (non-hydrogen) atoms. The Kier molecular flexibility index (Phi) is 3.94. The maximum atomic E-state index is 12.8. The van der Waals surface area contributed by atoms with Crippen LogP contribution in [-0.4, -0.2) is 0 Å². The molecule has 0 radical (unpaired) electrons. The van der Waals surface area contributed by atoms with Crippen LogP contribution in [0.2, 0.25) is 0 Å². The molecule has 0 nitrogen and oxygen atoms in total. The topological polar surface area (TPSA) is 0 Å². The van der Waals surface area contributed by atoms with E-state index in [-0.39, 0.29) is 5.82 Å². The molecular formula is C14H14BrF. The van der Waals surface area contributed by atoms with Crippen molar-refractivity contribution in [1.29, 1.82) is 0 Å². The van der Waals surface area contributed by atoms with Crippen LogP contribution in [0.15, 0.2) is 42.5 Å². The van der Waals surface area contributed by atoms with E-state index in [9.17, 15) is 4.39 Å². The molecule has 1 aromatic rings. The average Bonchev–Trinajstić information content (AvgIpc) is 2.31. The smallest absolute Gasteiger partial charge is 0.123 e. The molecule has 0 heterocycles. The molecule has 1 unspecified atom stereocenters. The molecule has 0 N–H and O–H groups in total. The van der Waals surface area contributed by atoms with Crippen molar-refractivity contribution in [3.63, 3.8) is 0 Å². The van der Waals surface area contributed by atoms with E-state index in [4.69, 9.17) is 0 Å². The summed E-state index contributed by atoms with van der Waals surface area (Å²) < 4.78 is 13.8. The molecule has 0 bridgehead atoms. The minimum absolute atomic E-state index is 0.193. The molecular weight excluding hydrogens is 267 g/mol. The summed E-state index contributed by atoms with van der Waals surface area (Å²) in [5.74, 6) is 0.315. The lowest BCUT2D eigenvalue weighted by molar-refractivity contribution is 0.627. The highest BCUT2D eigenvalue weighted by Crippen LogP contribution is 2.27. The summed E-state index contributed by atoms with van der Waals surface area (Å²) in [5.41, 5.74) is 1.03. The molecule has 0 aliphatic heterocycles. The number of hydrogen-bond acceptors (Lipinski definition) is 0. The van der Waals surface area contributed by atoms with Crippen LogP contribution in [0.3, 0.4) is 0 Å². The Bertz CT molecular complexity index is 403. The first-order valence-electron chi connectivity index (χ1n) is 5.55. The van der Waals surface area contributed by atoms with Crippen LogP contribution >= 0.6 is 15.9 Å². The highest BCUT2D eigenvalue weighted by Gasteiger charge is 2.07. The van der Waals surface area contributed by atoms with Crippen LogP contribution in [0.1, 0.15) is 24.8 Å². The van der Waals surface area contributed by atoms with Gasteiger partial charge in [0.1, 0.15) is 5.82 Å². The fourth-order valence-electron chi connectivity index (χ4n) is 1.87. The first kappa shape index (κ1) is 11.6. The molecule has 1 aliphatic rings. The Morgan fingerprint density at radius 2 is 2.06 bits per heavy atom. The molecule has 2 rings (SSSR count). The maximum Gasteiger partial charge on any atom is 0.123 e. The Labute approximate surface area is 104 Å². The molecule has 1 aliphatic carbocycles. The number of halogens is 2. The molecule has 0 saturated carbocycles. The van der Waals surface area contributed by atoms with Gasteiger partial charge in [0.2, 0.25) is 0 Å². The van der Waals surface area contributed by atoms with Crippen molar-refractivity contribution in [3.05, 3.63) is 53.9 Å². The first-order valence-corrected chi connectivity index (χ1v) is 6.35. The Hall–Kier alpha value is -0.890. The minimum Gasteiger partial charge on any atom is -0.207 e. The van der Waals surface area contributed by atoms with Crippen LogP contribution in [0.25, 0.3) is 4.48 Å². The number of allylic oxidation sites excluding steroid dienone is 3. The monoisotopic (exact) mass is 280 g/mol. The fraction of sp³-hybridized carbons (Fsp3) is 0.286. The largest absolute Gasteiger partial charge is 0.207 e. The van der Waals surface area contributed by atoms with Crippen molar-refractivity contribution in [3.8, 4) is 0 Å². The standard InChI is InChI=1S/C14H14BrF/c15-14(10-11-4-2-1-3-5-11)12-6-8-13(16)9-7-12/h2,4,6-11H,1,3,5H2/b14-10+. The average molecular weight is 281 g/mol. The van der Waals surface area contributed by atoms with Gasteiger partial charge in [-0.2, -0.15) is 0 Å². The van der Waals surface area contributed by atoms with Gasteiger partial charge in [0.25, 0.3) is 0 Å². The van der Waals surface area contributed by atoms with E-state index in [1.54, 1.807) is 12.1 Å². The highest BCUT2D eigenvalue weighted by molar-refractivity contribution is 9.15. The third kappa shape index (κ3) is 3.05. The SMILES string of the molecule is Fc1ccc(/C(Br)=C\C2C=CCCC2)cc1. The van der Waals surface area contributed by atoms with Crippen LogP contribution in [0, 0.1) is 11.7 Å². The second kappa shape index (κ2) is 5.44. The molecule has 84 valence electrons. The summed E-state index contributed by atoms with van der Waals surface area (Å²) in [6, 6.07) is 6.56. The van der Waals surface area contributed by atoms with Gasteiger partial charge < -0.3 is 0 Å². The van der Waals surface area contributed by atoms with Gasteiger partial charge in [-0.25, -0.2) is 4.39 Å². The molecule has 0 saturated heterocycles. The predicted molar refractivity (Wildman–Crippen MR) is 69.8 cm³/mol. The molecule has 0 spiro atoms. The summed E-state index contributed by atoms with van der Waals surface area (Å²) in [4.78, 5) is 0. The van der Waals surface area contributed by atoms with Crippen molar-refractivity contribution in [2.75, 3.05) is 0 Å². The minimum atomic E-state index is -0.193. The van der Waals surface area contributed by atoms with Gasteiger partial charge in [0.05, 0.1) is 0 Å². The zero-order chi connectivity index (χ0) is 11.4. The Morgan fingerprint density at radius 1 is 1.31 bits per heavy atom. The maximum absolute atomic E-state index is 12.8. The fourth-order valence-corrected chi connectivity index (χ4v) is 2.47. The first-order chi connectivity index (χ1) is 7.75. The quantitative estimate of drug-likeness (QED) is 0.675. The van der Waals surface area contributed by atoms with E-state index in [1.807, 2.05) is 0 Å². The van der Waals surface area contributed by atoms with Gasteiger partial charge >= 0.3 is 0 Å². The van der Waals surface area contributed by atoms with Gasteiger partial charge in [-0.05, 0) is 42.9 Å². The van der Waals surface area contributed by atoms with E-state index in [0.717, 1.165) is 10.0 Å². The van der Waals surface area contributed by atoms with Crippen molar-refractivity contribution >= 4 is 20.4 Å². The van der Waals surface area contributed by atoms with E-state index < -0.39 is 0 Å². The van der Waals surface area contributed by atoms with E-state index in [0.29, 0.717) is 5.92 Å². The van der Waals surface area contributed by atoms with Crippen LogP contribution < -0.4 is 0 Å². The highest BCUT2D eigenvalue weighted by atomic mass is 79.9. The van der Waals surface area contributed by atoms with Crippen molar-refractivity contribution in [1.82, 2.24) is 0 Å². The van der Waals surface area contributed by atoms with Crippen LogP contribution in [-0.2, 0) is 0 Å². The van der Waals surface area contributed by atoms with E-state index >= 15 is 0 Å². The summed E-state index contributed by atoms with van der Waals surface area (Å²) in [6.07, 6.45) is 10.3. The van der Waals surface area contributed by atoms with Crippen molar-refractivity contribution < 1.29 is 4.39 Å². The van der Waals surface area contributed by atoms with Crippen molar-refractivity contribution in [2.24, 2.45) is 5.92 Å². The third-order valence-electron chi connectivity index (χ3n) is 2.77. The second-order valence-corrected chi connectivity index (χ2v) is 4.90. The van der Waals surface area contributed by atoms with Gasteiger partial charge in [0.15, 0.2) is 0 Å². The summed E-state index contributed by atoms with van der Waals surface area (Å²) in [6.45, 7) is 0. The van der Waals surface area contributed by atoms with Gasteiger partial charge in [-0.3, -0.25) is 0 Å². The van der Waals surface area contributed by atoms with Crippen LogP contribution in [0.5, 0.6) is 0 Å². The second-order valence-electron chi connectivity index (χ2n) is 4.04. The third-order valence-corrected chi connectivity index (χ3v) is 3.49. The molecule has 1 aromatic carbocycles. The number of rotatable bonds is 2. The molecule has 1 atom stereocenters. The van der Waals surface area contributed by atoms with E-state index in [1.165, 1.54) is 31.4 Å². The van der Waals surface area contributed by atoms with Crippen LogP contribution in [0.4, 0.5) is 4.39 Å². The van der Waals surface area contributed by atoms with Gasteiger partial charge in [-0.1, -0.05) is 46.3 Å². The normalized spacial score (nSPS) is 21.1. The van der Waals surface area contributed by atoms with Gasteiger partial charge in [0, 0.05) is 4.48 Å². The summed E-state index contributed by atoms with van der Waals surface area (Å²) >= 11 is 3.55.